The molecule has 0 aliphatic heterocycles. The van der Waals surface area contributed by atoms with Crippen LogP contribution in [0, 0.1) is 20.8 Å². The second-order valence-electron chi connectivity index (χ2n) is 7.46. The molecule has 0 spiro atoms. The predicted molar refractivity (Wildman–Crippen MR) is 102 cm³/mol. The van der Waals surface area contributed by atoms with E-state index in [1.165, 1.54) is 0 Å². The van der Waals surface area contributed by atoms with Gasteiger partial charge in [-0.15, -0.1) is 0 Å². The minimum Gasteiger partial charge on any atom is -0.507 e. The van der Waals surface area contributed by atoms with Crippen LogP contribution in [0.15, 0.2) is 36.9 Å². The van der Waals surface area contributed by atoms with E-state index in [4.69, 9.17) is 4.74 Å². The van der Waals surface area contributed by atoms with Crippen LogP contribution < -0.4 is 4.74 Å². The first kappa shape index (κ1) is 18.8. The molecule has 0 unspecified atom stereocenters. The summed E-state index contributed by atoms with van der Waals surface area (Å²) in [7, 11) is 0. The fourth-order valence-corrected chi connectivity index (χ4v) is 3.04. The van der Waals surface area contributed by atoms with Gasteiger partial charge < -0.3 is 9.84 Å². The zero-order chi connectivity index (χ0) is 18.9. The third kappa shape index (κ3) is 3.76. The summed E-state index contributed by atoms with van der Waals surface area (Å²) in [5.74, 6) is 0.252. The molecule has 2 aromatic carbocycles. The molecule has 0 radical (unpaired) electrons. The van der Waals surface area contributed by atoms with Crippen molar-refractivity contribution in [3.05, 3.63) is 59.2 Å². The average Bonchev–Trinajstić information content (AvgIpc) is 2.51. The normalized spacial score (nSPS) is 11.3. The number of phenolic OH excluding ortho intramolecular Hbond substituents is 1. The molecule has 1 N–H and O–H groups in total. The Morgan fingerprint density at radius 3 is 2.36 bits per heavy atom. The number of carbonyl (C=O) groups is 1. The highest BCUT2D eigenvalue weighted by Crippen LogP contribution is 2.43. The van der Waals surface area contributed by atoms with Gasteiger partial charge in [0.2, 0.25) is 0 Å². The maximum Gasteiger partial charge on any atom is 0.335 e. The van der Waals surface area contributed by atoms with Gasteiger partial charge in [0.1, 0.15) is 11.5 Å². The lowest BCUT2D eigenvalue weighted by Crippen LogP contribution is -2.12. The Morgan fingerprint density at radius 2 is 1.80 bits per heavy atom. The summed E-state index contributed by atoms with van der Waals surface area (Å²) in [5, 5.41) is 10.9. The number of aryl methyl sites for hydroxylation is 2. The predicted octanol–water partition coefficient (Wildman–Crippen LogP) is 5.37. The highest BCUT2D eigenvalue weighted by atomic mass is 16.5. The van der Waals surface area contributed by atoms with Crippen molar-refractivity contribution in [1.29, 1.82) is 0 Å². The Morgan fingerprint density at radius 1 is 1.16 bits per heavy atom. The maximum absolute atomic E-state index is 11.6. The molecule has 2 rings (SSSR count). The molecule has 3 nitrogen and oxygen atoms in total. The Kier molecular flexibility index (Phi) is 5.07. The Labute approximate surface area is 150 Å². The zero-order valence-corrected chi connectivity index (χ0v) is 15.9. The number of ether oxygens (including phenoxy) is 1. The quantitative estimate of drug-likeness (QED) is 0.465. The van der Waals surface area contributed by atoms with E-state index in [1.54, 1.807) is 6.07 Å². The Bertz CT molecular complexity index is 839. The van der Waals surface area contributed by atoms with Crippen molar-refractivity contribution >= 4 is 5.97 Å². The number of hydrogen-bond donors (Lipinski definition) is 1. The van der Waals surface area contributed by atoms with Crippen molar-refractivity contribution in [1.82, 2.24) is 0 Å². The maximum atomic E-state index is 11.6. The molecule has 0 bridgehead atoms. The van der Waals surface area contributed by atoms with Crippen molar-refractivity contribution in [2.45, 2.75) is 47.0 Å². The number of carbonyl (C=O) groups excluding carboxylic acids is 1. The van der Waals surface area contributed by atoms with E-state index in [1.807, 2.05) is 39.0 Å². The first-order valence-electron chi connectivity index (χ1n) is 8.35. The molecule has 0 aliphatic rings. The van der Waals surface area contributed by atoms with Gasteiger partial charge in [-0.1, -0.05) is 39.5 Å². The molecule has 3 heteroatoms. The monoisotopic (exact) mass is 338 g/mol. The number of esters is 1. The largest absolute Gasteiger partial charge is 0.507 e. The lowest BCUT2D eigenvalue weighted by molar-refractivity contribution is -0.129. The molecule has 0 aromatic heterocycles. The van der Waals surface area contributed by atoms with E-state index in [0.29, 0.717) is 5.75 Å². The van der Waals surface area contributed by atoms with Gasteiger partial charge in [0.05, 0.1) is 0 Å². The van der Waals surface area contributed by atoms with Crippen LogP contribution in [0.5, 0.6) is 11.5 Å². The van der Waals surface area contributed by atoms with Crippen molar-refractivity contribution in [2.24, 2.45) is 0 Å². The highest BCUT2D eigenvalue weighted by molar-refractivity contribution is 5.85. The van der Waals surface area contributed by atoms with Gasteiger partial charge in [0, 0.05) is 22.8 Å². The molecular weight excluding hydrogens is 312 g/mol. The summed E-state index contributed by atoms with van der Waals surface area (Å²) in [4.78, 5) is 11.6. The zero-order valence-electron chi connectivity index (χ0n) is 15.9. The molecule has 0 aliphatic carbocycles. The van der Waals surface area contributed by atoms with Crippen LogP contribution in [-0.2, 0) is 10.2 Å². The number of aromatic hydroxyl groups is 1. The minimum absolute atomic E-state index is 0.181. The van der Waals surface area contributed by atoms with Gasteiger partial charge in [-0.05, 0) is 55.0 Å². The summed E-state index contributed by atoms with van der Waals surface area (Å²) < 4.78 is 5.34. The summed E-state index contributed by atoms with van der Waals surface area (Å²) in [5.41, 5.74) is 5.27. The molecule has 0 fully saturated rings. The van der Waals surface area contributed by atoms with Crippen LogP contribution in [0.2, 0.25) is 0 Å². The number of hydrogen-bond acceptors (Lipinski definition) is 3. The highest BCUT2D eigenvalue weighted by Gasteiger charge is 2.23. The van der Waals surface area contributed by atoms with Gasteiger partial charge in [0.15, 0.2) is 0 Å². The van der Waals surface area contributed by atoms with Gasteiger partial charge in [-0.25, -0.2) is 4.79 Å². The topological polar surface area (TPSA) is 46.5 Å². The third-order valence-corrected chi connectivity index (χ3v) is 4.33. The van der Waals surface area contributed by atoms with Crippen LogP contribution >= 0.6 is 0 Å². The van der Waals surface area contributed by atoms with Crippen molar-refractivity contribution in [3.63, 3.8) is 0 Å². The fourth-order valence-electron chi connectivity index (χ4n) is 3.04. The smallest absolute Gasteiger partial charge is 0.335 e. The van der Waals surface area contributed by atoms with Crippen LogP contribution in [0.3, 0.4) is 0 Å². The van der Waals surface area contributed by atoms with Crippen molar-refractivity contribution in [3.8, 4) is 22.6 Å². The fraction of sp³-hybridized carbons (Fsp3) is 0.318. The molecular formula is C22H26O3. The molecule has 0 saturated heterocycles. The van der Waals surface area contributed by atoms with E-state index < -0.39 is 5.97 Å². The van der Waals surface area contributed by atoms with Gasteiger partial charge in [-0.2, -0.15) is 0 Å². The van der Waals surface area contributed by atoms with Crippen molar-refractivity contribution < 1.29 is 14.6 Å². The van der Waals surface area contributed by atoms with Crippen LogP contribution in [0.25, 0.3) is 11.1 Å². The second kappa shape index (κ2) is 6.75. The Hall–Kier alpha value is -2.55. The average molecular weight is 338 g/mol. The lowest BCUT2D eigenvalue weighted by atomic mass is 9.82. The van der Waals surface area contributed by atoms with Gasteiger partial charge in [-0.3, -0.25) is 0 Å². The molecule has 0 heterocycles. The number of phenols is 1. The summed E-state index contributed by atoms with van der Waals surface area (Å²) in [6.45, 7) is 15.6. The standard InChI is InChI=1S/C22H26O3/c1-8-19(23)25-18-10-9-14(3)20(15(18)4)16-11-13(2)12-17(21(16)24)22(5,6)7/h8-12,24H,1H2,2-7H3. The Balaban J connectivity index is 2.74. The molecule has 132 valence electrons. The van der Waals surface area contributed by atoms with E-state index in [-0.39, 0.29) is 11.2 Å². The van der Waals surface area contributed by atoms with Gasteiger partial charge >= 0.3 is 5.97 Å². The van der Waals surface area contributed by atoms with Crippen LogP contribution in [-0.4, -0.2) is 11.1 Å². The molecule has 0 atom stereocenters. The van der Waals surface area contributed by atoms with Crippen molar-refractivity contribution in [2.75, 3.05) is 0 Å². The first-order valence-corrected chi connectivity index (χ1v) is 8.35. The second-order valence-corrected chi connectivity index (χ2v) is 7.46. The van der Waals surface area contributed by atoms with E-state index in [2.05, 4.69) is 27.4 Å². The summed E-state index contributed by atoms with van der Waals surface area (Å²) >= 11 is 0. The summed E-state index contributed by atoms with van der Waals surface area (Å²) in [6.07, 6.45) is 1.14. The minimum atomic E-state index is -0.498. The van der Waals surface area contributed by atoms with E-state index in [9.17, 15) is 9.90 Å². The molecule has 25 heavy (non-hydrogen) atoms. The van der Waals surface area contributed by atoms with Crippen LogP contribution in [0.1, 0.15) is 43.0 Å². The number of rotatable bonds is 3. The lowest BCUT2D eigenvalue weighted by Gasteiger charge is -2.24. The molecule has 0 amide bonds. The van der Waals surface area contributed by atoms with Crippen LogP contribution in [0.4, 0.5) is 0 Å². The first-order chi connectivity index (χ1) is 11.6. The van der Waals surface area contributed by atoms with E-state index >= 15 is 0 Å². The molecule has 2 aromatic rings. The van der Waals surface area contributed by atoms with E-state index in [0.717, 1.165) is 39.5 Å². The molecule has 0 saturated carbocycles. The number of benzene rings is 2. The SMILES string of the molecule is C=CC(=O)Oc1ccc(C)c(-c2cc(C)cc(C(C)(C)C)c2O)c1C. The van der Waals surface area contributed by atoms with Gasteiger partial charge in [0.25, 0.3) is 0 Å². The summed E-state index contributed by atoms with van der Waals surface area (Å²) in [6, 6.07) is 7.66. The third-order valence-electron chi connectivity index (χ3n) is 4.33.